The van der Waals surface area contributed by atoms with E-state index in [2.05, 4.69) is 10.0 Å². The Morgan fingerprint density at radius 2 is 2.29 bits per heavy atom. The maximum Gasteiger partial charge on any atom is 0.338 e. The van der Waals surface area contributed by atoms with Crippen molar-refractivity contribution in [2.75, 3.05) is 20.3 Å². The molecule has 2 atom stereocenters. The average molecular weight is 291 g/mol. The molecule has 7 heteroatoms. The van der Waals surface area contributed by atoms with Gasteiger partial charge >= 0.3 is 5.97 Å². The monoisotopic (exact) mass is 291 g/mol. The quantitative estimate of drug-likeness (QED) is 0.348. The van der Waals surface area contributed by atoms with Crippen LogP contribution in [-0.2, 0) is 14.2 Å². The molecule has 1 fully saturated rings. The predicted molar refractivity (Wildman–Crippen MR) is 74.6 cm³/mol. The van der Waals surface area contributed by atoms with Gasteiger partial charge in [-0.2, -0.15) is 0 Å². The molecule has 21 heavy (non-hydrogen) atoms. The second kappa shape index (κ2) is 7.08. The molecule has 1 aromatic carbocycles. The van der Waals surface area contributed by atoms with Crippen molar-refractivity contribution in [1.29, 1.82) is 0 Å². The van der Waals surface area contributed by atoms with Gasteiger partial charge in [0.2, 0.25) is 0 Å². The van der Waals surface area contributed by atoms with Crippen LogP contribution in [-0.4, -0.2) is 38.1 Å². The smallest absolute Gasteiger partial charge is 0.338 e. The van der Waals surface area contributed by atoms with Crippen LogP contribution in [0.15, 0.2) is 35.4 Å². The number of methoxy groups -OCH3 is 1. The third-order valence-corrected chi connectivity index (χ3v) is 3.39. The van der Waals surface area contributed by atoms with Crippen LogP contribution in [0.4, 0.5) is 0 Å². The summed E-state index contributed by atoms with van der Waals surface area (Å²) in [6, 6.07) is 8.77. The molecule has 1 aromatic rings. The summed E-state index contributed by atoms with van der Waals surface area (Å²) < 4.78 is 16.2. The van der Waals surface area contributed by atoms with Crippen LogP contribution in [0.5, 0.6) is 0 Å². The van der Waals surface area contributed by atoms with Crippen LogP contribution in [0.1, 0.15) is 23.2 Å². The lowest BCUT2D eigenvalue weighted by Crippen LogP contribution is -2.35. The van der Waals surface area contributed by atoms with Crippen molar-refractivity contribution in [2.24, 2.45) is 5.11 Å². The van der Waals surface area contributed by atoms with Crippen LogP contribution in [0, 0.1) is 0 Å². The number of azide groups is 1. The van der Waals surface area contributed by atoms with Crippen LogP contribution < -0.4 is 0 Å². The third kappa shape index (κ3) is 3.95. The minimum absolute atomic E-state index is 0.100. The Kier molecular flexibility index (Phi) is 5.16. The summed E-state index contributed by atoms with van der Waals surface area (Å²) in [5.74, 6) is -1.29. The van der Waals surface area contributed by atoms with E-state index in [-0.39, 0.29) is 25.2 Å². The minimum atomic E-state index is -0.907. The van der Waals surface area contributed by atoms with Crippen molar-refractivity contribution in [1.82, 2.24) is 0 Å². The number of rotatable bonds is 6. The molecule has 1 aliphatic heterocycles. The number of carbonyl (C=O) groups is 1. The van der Waals surface area contributed by atoms with Crippen LogP contribution in [0.2, 0.25) is 0 Å². The molecule has 0 spiro atoms. The Morgan fingerprint density at radius 3 is 2.95 bits per heavy atom. The molecule has 1 aliphatic rings. The molecular weight excluding hydrogens is 274 g/mol. The molecule has 0 amide bonds. The van der Waals surface area contributed by atoms with Crippen LogP contribution in [0.25, 0.3) is 10.4 Å². The molecule has 0 aromatic heterocycles. The van der Waals surface area contributed by atoms with E-state index in [1.54, 1.807) is 24.3 Å². The lowest BCUT2D eigenvalue weighted by Gasteiger charge is -2.25. The van der Waals surface area contributed by atoms with E-state index < -0.39 is 5.79 Å². The summed E-state index contributed by atoms with van der Waals surface area (Å²) in [5, 5.41) is 3.50. The molecule has 0 bridgehead atoms. The number of hydrogen-bond donors (Lipinski definition) is 0. The number of nitrogens with zero attached hydrogens (tertiary/aromatic N) is 3. The van der Waals surface area contributed by atoms with E-state index in [0.29, 0.717) is 18.4 Å². The van der Waals surface area contributed by atoms with E-state index in [0.717, 1.165) is 0 Å². The van der Waals surface area contributed by atoms with Gasteiger partial charge in [-0.05, 0) is 24.1 Å². The number of hydrogen-bond acceptors (Lipinski definition) is 5. The molecule has 0 aliphatic carbocycles. The molecule has 7 nitrogen and oxygen atoms in total. The first-order valence-electron chi connectivity index (χ1n) is 6.65. The molecule has 0 unspecified atom stereocenters. The summed E-state index contributed by atoms with van der Waals surface area (Å²) in [5.41, 5.74) is 8.88. The number of ether oxygens (including phenoxy) is 3. The number of esters is 1. The molecule has 1 heterocycles. The Hall–Kier alpha value is -2.08. The van der Waals surface area contributed by atoms with Gasteiger partial charge in [0.15, 0.2) is 5.79 Å². The standard InChI is InChI=1S/C14H17N3O4/c1-19-14(10-16-17-15)8-7-12(21-14)9-20-13(18)11-5-3-2-4-6-11/h2-6,12H,7-10H2,1H3/t12-,14+/m0/s1. The largest absolute Gasteiger partial charge is 0.459 e. The summed E-state index contributed by atoms with van der Waals surface area (Å²) in [7, 11) is 1.51. The van der Waals surface area contributed by atoms with Gasteiger partial charge in [0.1, 0.15) is 6.61 Å². The van der Waals surface area contributed by atoms with E-state index in [1.165, 1.54) is 7.11 Å². The van der Waals surface area contributed by atoms with Crippen molar-refractivity contribution in [3.8, 4) is 0 Å². The molecule has 2 rings (SSSR count). The first-order valence-corrected chi connectivity index (χ1v) is 6.65. The minimum Gasteiger partial charge on any atom is -0.459 e. The lowest BCUT2D eigenvalue weighted by atomic mass is 10.1. The zero-order valence-corrected chi connectivity index (χ0v) is 11.8. The Balaban J connectivity index is 1.85. The fourth-order valence-electron chi connectivity index (χ4n) is 2.22. The van der Waals surface area contributed by atoms with Crippen molar-refractivity contribution < 1.29 is 19.0 Å². The molecular formula is C14H17N3O4. The van der Waals surface area contributed by atoms with Gasteiger partial charge in [-0.25, -0.2) is 4.79 Å². The van der Waals surface area contributed by atoms with Gasteiger partial charge < -0.3 is 14.2 Å². The van der Waals surface area contributed by atoms with Crippen LogP contribution >= 0.6 is 0 Å². The maximum atomic E-state index is 11.8. The highest BCUT2D eigenvalue weighted by Crippen LogP contribution is 2.31. The van der Waals surface area contributed by atoms with Gasteiger partial charge in [0.25, 0.3) is 0 Å². The third-order valence-electron chi connectivity index (χ3n) is 3.39. The highest BCUT2D eigenvalue weighted by molar-refractivity contribution is 5.89. The topological polar surface area (TPSA) is 93.5 Å². The van der Waals surface area contributed by atoms with E-state index >= 15 is 0 Å². The molecule has 112 valence electrons. The zero-order chi connectivity index (χ0) is 15.1. The molecule has 0 N–H and O–H groups in total. The molecule has 0 radical (unpaired) electrons. The maximum absolute atomic E-state index is 11.8. The van der Waals surface area contributed by atoms with Gasteiger partial charge in [-0.15, -0.1) is 0 Å². The first-order chi connectivity index (χ1) is 10.2. The van der Waals surface area contributed by atoms with Crippen molar-refractivity contribution in [2.45, 2.75) is 24.7 Å². The average Bonchev–Trinajstić information content (AvgIpc) is 2.95. The zero-order valence-electron chi connectivity index (χ0n) is 11.8. The summed E-state index contributed by atoms with van der Waals surface area (Å²) in [4.78, 5) is 14.5. The highest BCUT2D eigenvalue weighted by atomic mass is 16.7. The SMILES string of the molecule is CO[C@]1(CN=[N+]=[N-])CC[C@@H](COC(=O)c2ccccc2)O1. The number of benzene rings is 1. The van der Waals surface area contributed by atoms with Crippen molar-refractivity contribution in [3.05, 3.63) is 46.3 Å². The highest BCUT2D eigenvalue weighted by Gasteiger charge is 2.40. The Labute approximate surface area is 122 Å². The van der Waals surface area contributed by atoms with E-state index in [4.69, 9.17) is 19.7 Å². The van der Waals surface area contributed by atoms with Crippen LogP contribution in [0.3, 0.4) is 0 Å². The van der Waals surface area contributed by atoms with Gasteiger partial charge in [0, 0.05) is 18.4 Å². The summed E-state index contributed by atoms with van der Waals surface area (Å²) >= 11 is 0. The lowest BCUT2D eigenvalue weighted by molar-refractivity contribution is -0.208. The molecule has 1 saturated heterocycles. The number of carbonyl (C=O) groups excluding carboxylic acids is 1. The fourth-order valence-corrected chi connectivity index (χ4v) is 2.22. The second-order valence-electron chi connectivity index (χ2n) is 4.75. The Bertz CT molecular complexity index is 530. The Morgan fingerprint density at radius 1 is 1.52 bits per heavy atom. The molecule has 0 saturated carbocycles. The fraction of sp³-hybridized carbons (Fsp3) is 0.500. The van der Waals surface area contributed by atoms with Crippen molar-refractivity contribution in [3.63, 3.8) is 0 Å². The van der Waals surface area contributed by atoms with Gasteiger partial charge in [-0.1, -0.05) is 23.3 Å². The van der Waals surface area contributed by atoms with E-state index in [1.807, 2.05) is 6.07 Å². The van der Waals surface area contributed by atoms with Gasteiger partial charge in [0.05, 0.1) is 18.2 Å². The first kappa shape index (κ1) is 15.3. The van der Waals surface area contributed by atoms with E-state index in [9.17, 15) is 4.79 Å². The predicted octanol–water partition coefficient (Wildman–Crippen LogP) is 2.68. The summed E-state index contributed by atoms with van der Waals surface area (Å²) in [6.07, 6.45) is 1.01. The normalized spacial score (nSPS) is 24.3. The van der Waals surface area contributed by atoms with Gasteiger partial charge in [-0.3, -0.25) is 0 Å². The second-order valence-corrected chi connectivity index (χ2v) is 4.75. The van der Waals surface area contributed by atoms with Crippen molar-refractivity contribution >= 4 is 5.97 Å². The summed E-state index contributed by atoms with van der Waals surface area (Å²) in [6.45, 7) is 0.248.